The third-order valence-corrected chi connectivity index (χ3v) is 2.46. The van der Waals surface area contributed by atoms with E-state index < -0.39 is 0 Å². The summed E-state index contributed by atoms with van der Waals surface area (Å²) in [6.07, 6.45) is 5.31. The van der Waals surface area contributed by atoms with Crippen LogP contribution in [-0.2, 0) is 9.53 Å². The smallest absolute Gasteiger partial charge is 0.222 e. The molecule has 0 aliphatic carbocycles. The molecule has 1 aliphatic rings. The number of carbonyl (C=O) groups excluding carboxylic acids is 1. The lowest BCUT2D eigenvalue weighted by Crippen LogP contribution is -2.26. The maximum atomic E-state index is 11.3. The van der Waals surface area contributed by atoms with Crippen LogP contribution >= 0.6 is 0 Å². The first-order valence-electron chi connectivity index (χ1n) is 7.30. The molecule has 0 spiro atoms. The van der Waals surface area contributed by atoms with Crippen LogP contribution in [0.2, 0.25) is 0 Å². The Bertz CT molecular complexity index is 348. The number of rotatable bonds is 7. The molecule has 1 fully saturated rings. The molecule has 0 bridgehead atoms. The lowest BCUT2D eigenvalue weighted by atomic mass is 10.4. The van der Waals surface area contributed by atoms with Crippen LogP contribution in [0.25, 0.3) is 0 Å². The van der Waals surface area contributed by atoms with E-state index in [-0.39, 0.29) is 5.91 Å². The van der Waals surface area contributed by atoms with Crippen LogP contribution < -0.4 is 0 Å². The number of nitrogens with zero attached hydrogens (tertiary/aromatic N) is 2. The number of amides is 1. The summed E-state index contributed by atoms with van der Waals surface area (Å²) in [6, 6.07) is 0. The third kappa shape index (κ3) is 9.36. The molecule has 1 heterocycles. The summed E-state index contributed by atoms with van der Waals surface area (Å²) < 4.78 is 5.36. The average molecular weight is 280 g/mol. The standard InChI is InChI=1S/C13H20N2O2.C3H8/c1-11(2)14-10-12(3)17-9-5-8-15-7-4-6-13(15)16;1-3-2/h10H,1,3-9H2,2H3;3H2,1-2H3. The van der Waals surface area contributed by atoms with Gasteiger partial charge in [0.15, 0.2) is 0 Å². The van der Waals surface area contributed by atoms with Crippen molar-refractivity contribution < 1.29 is 9.53 Å². The van der Waals surface area contributed by atoms with Crippen molar-refractivity contribution in [3.8, 4) is 0 Å². The highest BCUT2D eigenvalue weighted by atomic mass is 16.5. The molecule has 0 unspecified atom stereocenters. The molecule has 0 atom stereocenters. The van der Waals surface area contributed by atoms with Gasteiger partial charge in [0.25, 0.3) is 0 Å². The van der Waals surface area contributed by atoms with Gasteiger partial charge in [-0.1, -0.05) is 33.4 Å². The molecule has 0 radical (unpaired) electrons. The number of hydrogen-bond donors (Lipinski definition) is 0. The van der Waals surface area contributed by atoms with Gasteiger partial charge in [0.2, 0.25) is 5.91 Å². The lowest BCUT2D eigenvalue weighted by Gasteiger charge is -2.15. The predicted octanol–water partition coefficient (Wildman–Crippen LogP) is 3.55. The number of likely N-dealkylation sites (tertiary alicyclic amines) is 1. The summed E-state index contributed by atoms with van der Waals surface area (Å²) in [5.41, 5.74) is 0.720. The molecule has 4 heteroatoms. The van der Waals surface area contributed by atoms with Crippen molar-refractivity contribution in [2.45, 2.75) is 46.5 Å². The van der Waals surface area contributed by atoms with Crippen LogP contribution in [0.4, 0.5) is 0 Å². The van der Waals surface area contributed by atoms with Gasteiger partial charge in [0.1, 0.15) is 5.76 Å². The molecule has 4 nitrogen and oxygen atoms in total. The average Bonchev–Trinajstić information content (AvgIpc) is 2.79. The molecule has 114 valence electrons. The normalized spacial score (nSPS) is 14.2. The molecule has 1 rings (SSSR count). The molecular weight excluding hydrogens is 252 g/mol. The minimum atomic E-state index is 0.257. The van der Waals surface area contributed by atoms with E-state index in [0.29, 0.717) is 18.8 Å². The van der Waals surface area contributed by atoms with Gasteiger partial charge in [-0.3, -0.25) is 9.79 Å². The molecule has 0 saturated carbocycles. The highest BCUT2D eigenvalue weighted by Crippen LogP contribution is 2.09. The summed E-state index contributed by atoms with van der Waals surface area (Å²) >= 11 is 0. The van der Waals surface area contributed by atoms with Crippen molar-refractivity contribution in [2.24, 2.45) is 4.99 Å². The van der Waals surface area contributed by atoms with Crippen molar-refractivity contribution in [3.63, 3.8) is 0 Å². The quantitative estimate of drug-likeness (QED) is 0.406. The molecule has 1 amide bonds. The van der Waals surface area contributed by atoms with Gasteiger partial charge in [0, 0.05) is 25.2 Å². The largest absolute Gasteiger partial charge is 0.493 e. The number of aliphatic imine (C=N–C) groups is 1. The summed E-state index contributed by atoms with van der Waals surface area (Å²) in [7, 11) is 0. The van der Waals surface area contributed by atoms with Crippen LogP contribution in [0.1, 0.15) is 46.5 Å². The van der Waals surface area contributed by atoms with E-state index in [0.717, 1.165) is 31.6 Å². The molecule has 0 N–H and O–H groups in total. The van der Waals surface area contributed by atoms with Gasteiger partial charge >= 0.3 is 0 Å². The van der Waals surface area contributed by atoms with Gasteiger partial charge in [-0.2, -0.15) is 0 Å². The fourth-order valence-corrected chi connectivity index (χ4v) is 1.62. The van der Waals surface area contributed by atoms with E-state index in [2.05, 4.69) is 32.0 Å². The van der Waals surface area contributed by atoms with Crippen molar-refractivity contribution in [3.05, 3.63) is 24.6 Å². The number of allylic oxidation sites excluding steroid dienone is 2. The highest BCUT2D eigenvalue weighted by Gasteiger charge is 2.18. The van der Waals surface area contributed by atoms with Gasteiger partial charge in [-0.05, 0) is 19.8 Å². The predicted molar refractivity (Wildman–Crippen MR) is 84.8 cm³/mol. The highest BCUT2D eigenvalue weighted by molar-refractivity contribution is 5.78. The van der Waals surface area contributed by atoms with Crippen molar-refractivity contribution in [1.82, 2.24) is 4.90 Å². The van der Waals surface area contributed by atoms with Crippen molar-refractivity contribution in [1.29, 1.82) is 0 Å². The second-order valence-electron chi connectivity index (χ2n) is 4.85. The van der Waals surface area contributed by atoms with E-state index in [1.807, 2.05) is 11.8 Å². The van der Waals surface area contributed by atoms with Crippen LogP contribution in [0, 0.1) is 0 Å². The molecule has 0 aromatic carbocycles. The number of ether oxygens (including phenoxy) is 1. The fourth-order valence-electron chi connectivity index (χ4n) is 1.62. The van der Waals surface area contributed by atoms with Gasteiger partial charge in [-0.15, -0.1) is 0 Å². The number of carbonyl (C=O) groups is 1. The Hall–Kier alpha value is -1.58. The van der Waals surface area contributed by atoms with E-state index in [1.165, 1.54) is 6.42 Å². The molecule has 20 heavy (non-hydrogen) atoms. The third-order valence-electron chi connectivity index (χ3n) is 2.46. The monoisotopic (exact) mass is 280 g/mol. The van der Waals surface area contributed by atoms with Gasteiger partial charge in [0.05, 0.1) is 12.8 Å². The molecule has 0 aromatic rings. The first-order valence-corrected chi connectivity index (χ1v) is 7.30. The Morgan fingerprint density at radius 3 is 2.60 bits per heavy atom. The SMILES string of the molecule is C=C(C)N=CC(=C)OCCCN1CCCC1=O.CCC. The van der Waals surface area contributed by atoms with Crippen molar-refractivity contribution >= 4 is 12.1 Å². The first-order chi connectivity index (χ1) is 9.51. The minimum Gasteiger partial charge on any atom is -0.493 e. The van der Waals surface area contributed by atoms with Crippen LogP contribution in [0.3, 0.4) is 0 Å². The number of hydrogen-bond acceptors (Lipinski definition) is 3. The first kappa shape index (κ1) is 18.4. The summed E-state index contributed by atoms with van der Waals surface area (Å²) in [5, 5.41) is 0. The molecule has 1 aliphatic heterocycles. The zero-order valence-corrected chi connectivity index (χ0v) is 13.2. The van der Waals surface area contributed by atoms with E-state index in [4.69, 9.17) is 4.74 Å². The topological polar surface area (TPSA) is 41.9 Å². The van der Waals surface area contributed by atoms with Gasteiger partial charge < -0.3 is 9.64 Å². The van der Waals surface area contributed by atoms with E-state index in [1.54, 1.807) is 6.21 Å². The van der Waals surface area contributed by atoms with Gasteiger partial charge in [-0.25, -0.2) is 0 Å². The zero-order valence-electron chi connectivity index (χ0n) is 13.2. The lowest BCUT2D eigenvalue weighted by molar-refractivity contribution is -0.127. The summed E-state index contributed by atoms with van der Waals surface area (Å²) in [6.45, 7) is 15.6. The Labute approximate surface area is 123 Å². The van der Waals surface area contributed by atoms with Crippen LogP contribution in [0.15, 0.2) is 29.6 Å². The second-order valence-corrected chi connectivity index (χ2v) is 4.85. The Kier molecular flexibility index (Phi) is 10.4. The Morgan fingerprint density at radius 1 is 1.45 bits per heavy atom. The fraction of sp³-hybridized carbons (Fsp3) is 0.625. The minimum absolute atomic E-state index is 0.257. The van der Waals surface area contributed by atoms with Crippen LogP contribution in [0.5, 0.6) is 0 Å². The Balaban J connectivity index is 0.00000110. The van der Waals surface area contributed by atoms with E-state index >= 15 is 0 Å². The summed E-state index contributed by atoms with van der Waals surface area (Å²) in [5.74, 6) is 0.786. The second kappa shape index (κ2) is 11.3. The maximum absolute atomic E-state index is 11.3. The van der Waals surface area contributed by atoms with Crippen molar-refractivity contribution in [2.75, 3.05) is 19.7 Å². The Morgan fingerprint density at radius 2 is 2.10 bits per heavy atom. The summed E-state index contributed by atoms with van der Waals surface area (Å²) in [4.78, 5) is 17.2. The zero-order chi connectivity index (χ0) is 15.4. The van der Waals surface area contributed by atoms with E-state index in [9.17, 15) is 4.79 Å². The molecule has 0 aromatic heterocycles. The maximum Gasteiger partial charge on any atom is 0.222 e. The van der Waals surface area contributed by atoms with Crippen LogP contribution in [-0.4, -0.2) is 36.7 Å². The molecular formula is C16H28N2O2. The molecule has 1 saturated heterocycles.